The van der Waals surface area contributed by atoms with Crippen LogP contribution >= 0.6 is 0 Å². The van der Waals surface area contributed by atoms with Crippen molar-refractivity contribution in [1.29, 1.82) is 0 Å². The fourth-order valence-electron chi connectivity index (χ4n) is 3.02. The van der Waals surface area contributed by atoms with Crippen LogP contribution < -0.4 is 4.72 Å². The highest BCUT2D eigenvalue weighted by molar-refractivity contribution is 7.89. The monoisotopic (exact) mass is 301 g/mol. The van der Waals surface area contributed by atoms with Crippen LogP contribution in [0.25, 0.3) is 0 Å². The molecule has 0 aromatic heterocycles. The Morgan fingerprint density at radius 1 is 1.00 bits per heavy atom. The number of rotatable bonds is 4. The average Bonchev–Trinajstić information content (AvgIpc) is 2.96. The molecule has 0 heterocycles. The molecule has 0 radical (unpaired) electrons. The van der Waals surface area contributed by atoms with Crippen LogP contribution in [0.1, 0.15) is 36.1 Å². The third kappa shape index (κ3) is 2.87. The molecule has 21 heavy (non-hydrogen) atoms. The van der Waals surface area contributed by atoms with Crippen LogP contribution in [0.5, 0.6) is 0 Å². The fraction of sp³-hybridized carbons (Fsp3) is 0.294. The lowest BCUT2D eigenvalue weighted by molar-refractivity contribution is 0.566. The SMILES string of the molecule is CC(NS(=O)(=O)c1ccccc1)c1cccc2c1CCC2. The standard InChI is InChI=1S/C17H19NO2S/c1-13(16-11-5-7-14-8-6-12-17(14)16)18-21(19,20)15-9-3-2-4-10-15/h2-5,7,9-11,13,18H,6,8,12H2,1H3. The van der Waals surface area contributed by atoms with Gasteiger partial charge in [0.25, 0.3) is 0 Å². The van der Waals surface area contributed by atoms with Crippen LogP contribution in [-0.4, -0.2) is 8.42 Å². The molecule has 0 spiro atoms. The highest BCUT2D eigenvalue weighted by Gasteiger charge is 2.22. The molecule has 1 N–H and O–H groups in total. The van der Waals surface area contributed by atoms with E-state index in [1.54, 1.807) is 24.3 Å². The van der Waals surface area contributed by atoms with Gasteiger partial charge in [0.1, 0.15) is 0 Å². The number of benzene rings is 2. The molecule has 1 aliphatic carbocycles. The number of sulfonamides is 1. The molecule has 0 amide bonds. The number of hydrogen-bond donors (Lipinski definition) is 1. The maximum absolute atomic E-state index is 12.4. The zero-order valence-electron chi connectivity index (χ0n) is 12.0. The molecule has 0 aliphatic heterocycles. The van der Waals surface area contributed by atoms with Gasteiger partial charge in [0, 0.05) is 6.04 Å². The Morgan fingerprint density at radius 2 is 1.76 bits per heavy atom. The number of aryl methyl sites for hydroxylation is 1. The highest BCUT2D eigenvalue weighted by Crippen LogP contribution is 2.29. The predicted molar refractivity (Wildman–Crippen MR) is 83.6 cm³/mol. The molecule has 2 aromatic carbocycles. The summed E-state index contributed by atoms with van der Waals surface area (Å²) in [6.45, 7) is 1.91. The van der Waals surface area contributed by atoms with Crippen molar-refractivity contribution in [1.82, 2.24) is 4.72 Å². The van der Waals surface area contributed by atoms with E-state index in [0.717, 1.165) is 24.8 Å². The molecule has 110 valence electrons. The van der Waals surface area contributed by atoms with Gasteiger partial charge in [-0.2, -0.15) is 0 Å². The molecule has 1 unspecified atom stereocenters. The first-order chi connectivity index (χ1) is 10.1. The van der Waals surface area contributed by atoms with E-state index in [9.17, 15) is 8.42 Å². The van der Waals surface area contributed by atoms with Crippen molar-refractivity contribution in [3.05, 3.63) is 65.2 Å². The zero-order valence-corrected chi connectivity index (χ0v) is 12.9. The van der Waals surface area contributed by atoms with E-state index in [0.29, 0.717) is 4.90 Å². The third-order valence-corrected chi connectivity index (χ3v) is 5.59. The van der Waals surface area contributed by atoms with Gasteiger partial charge in [-0.05, 0) is 55.0 Å². The minimum absolute atomic E-state index is 0.219. The van der Waals surface area contributed by atoms with Gasteiger partial charge < -0.3 is 0 Å². The topological polar surface area (TPSA) is 46.2 Å². The van der Waals surface area contributed by atoms with E-state index in [1.165, 1.54) is 11.1 Å². The minimum atomic E-state index is -3.48. The minimum Gasteiger partial charge on any atom is -0.207 e. The molecular formula is C17H19NO2S. The van der Waals surface area contributed by atoms with Crippen molar-refractivity contribution in [2.75, 3.05) is 0 Å². The van der Waals surface area contributed by atoms with Crippen LogP contribution in [0, 0.1) is 0 Å². The van der Waals surface area contributed by atoms with Gasteiger partial charge >= 0.3 is 0 Å². The van der Waals surface area contributed by atoms with Crippen molar-refractivity contribution >= 4 is 10.0 Å². The van der Waals surface area contributed by atoms with E-state index >= 15 is 0 Å². The zero-order chi connectivity index (χ0) is 14.9. The molecule has 3 nitrogen and oxygen atoms in total. The van der Waals surface area contributed by atoms with Crippen molar-refractivity contribution in [3.8, 4) is 0 Å². The first-order valence-electron chi connectivity index (χ1n) is 7.26. The Labute approximate surface area is 126 Å². The van der Waals surface area contributed by atoms with Crippen molar-refractivity contribution in [2.45, 2.75) is 37.1 Å². The molecular weight excluding hydrogens is 282 g/mol. The van der Waals surface area contributed by atoms with Gasteiger partial charge in [-0.25, -0.2) is 13.1 Å². The van der Waals surface area contributed by atoms with Crippen LogP contribution in [0.4, 0.5) is 0 Å². The Hall–Kier alpha value is -1.65. The smallest absolute Gasteiger partial charge is 0.207 e. The lowest BCUT2D eigenvalue weighted by Crippen LogP contribution is -2.27. The molecule has 0 saturated heterocycles. The summed E-state index contributed by atoms with van der Waals surface area (Å²) in [5.41, 5.74) is 3.78. The molecule has 2 aromatic rings. The first-order valence-corrected chi connectivity index (χ1v) is 8.74. The second-order valence-corrected chi connectivity index (χ2v) is 7.21. The molecule has 3 rings (SSSR count). The van der Waals surface area contributed by atoms with Gasteiger partial charge in [-0.1, -0.05) is 36.4 Å². The molecule has 1 atom stereocenters. The predicted octanol–water partition coefficient (Wildman–Crippen LogP) is 3.21. The molecule has 4 heteroatoms. The summed E-state index contributed by atoms with van der Waals surface area (Å²) in [6, 6.07) is 14.5. The molecule has 1 aliphatic rings. The Kier molecular flexibility index (Phi) is 3.83. The lowest BCUT2D eigenvalue weighted by atomic mass is 9.99. The summed E-state index contributed by atoms with van der Waals surface area (Å²) in [5, 5.41) is 0. The van der Waals surface area contributed by atoms with Gasteiger partial charge in [-0.3, -0.25) is 0 Å². The van der Waals surface area contributed by atoms with Gasteiger partial charge in [0.05, 0.1) is 4.90 Å². The average molecular weight is 301 g/mol. The molecule has 0 fully saturated rings. The van der Waals surface area contributed by atoms with Crippen LogP contribution in [0.15, 0.2) is 53.4 Å². The van der Waals surface area contributed by atoms with Crippen LogP contribution in [0.3, 0.4) is 0 Å². The summed E-state index contributed by atoms with van der Waals surface area (Å²) in [4.78, 5) is 0.310. The van der Waals surface area contributed by atoms with Gasteiger partial charge in [0.15, 0.2) is 0 Å². The maximum Gasteiger partial charge on any atom is 0.241 e. The quantitative estimate of drug-likeness (QED) is 0.942. The van der Waals surface area contributed by atoms with E-state index in [2.05, 4.69) is 10.8 Å². The van der Waals surface area contributed by atoms with Crippen LogP contribution in [-0.2, 0) is 22.9 Å². The molecule has 0 bridgehead atoms. The van der Waals surface area contributed by atoms with E-state index < -0.39 is 10.0 Å². The number of fused-ring (bicyclic) bond motifs is 1. The van der Waals surface area contributed by atoms with Gasteiger partial charge in [0.2, 0.25) is 10.0 Å². The van der Waals surface area contributed by atoms with Crippen LogP contribution in [0.2, 0.25) is 0 Å². The van der Waals surface area contributed by atoms with E-state index in [1.807, 2.05) is 25.1 Å². The second kappa shape index (κ2) is 5.62. The highest BCUT2D eigenvalue weighted by atomic mass is 32.2. The fourth-order valence-corrected chi connectivity index (χ4v) is 4.26. The normalized spacial score (nSPS) is 15.7. The van der Waals surface area contributed by atoms with E-state index in [-0.39, 0.29) is 6.04 Å². The van der Waals surface area contributed by atoms with Crippen molar-refractivity contribution in [3.63, 3.8) is 0 Å². The number of nitrogens with one attached hydrogen (secondary N) is 1. The maximum atomic E-state index is 12.4. The van der Waals surface area contributed by atoms with Gasteiger partial charge in [-0.15, -0.1) is 0 Å². The lowest BCUT2D eigenvalue weighted by Gasteiger charge is -2.18. The summed E-state index contributed by atoms with van der Waals surface area (Å²) < 4.78 is 27.6. The summed E-state index contributed by atoms with van der Waals surface area (Å²) in [6.07, 6.45) is 3.30. The van der Waals surface area contributed by atoms with Crippen molar-refractivity contribution in [2.24, 2.45) is 0 Å². The molecule has 0 saturated carbocycles. The first kappa shape index (κ1) is 14.3. The van der Waals surface area contributed by atoms with E-state index in [4.69, 9.17) is 0 Å². The second-order valence-electron chi connectivity index (χ2n) is 5.49. The summed E-state index contributed by atoms with van der Waals surface area (Å²) >= 11 is 0. The van der Waals surface area contributed by atoms with Crippen molar-refractivity contribution < 1.29 is 8.42 Å². The Morgan fingerprint density at radius 3 is 2.52 bits per heavy atom. The number of hydrogen-bond acceptors (Lipinski definition) is 2. The largest absolute Gasteiger partial charge is 0.241 e. The Balaban J connectivity index is 1.88. The Bertz CT molecular complexity index is 739. The summed E-state index contributed by atoms with van der Waals surface area (Å²) in [5.74, 6) is 0. The third-order valence-electron chi connectivity index (χ3n) is 4.03. The summed E-state index contributed by atoms with van der Waals surface area (Å²) in [7, 11) is -3.48.